The van der Waals surface area contributed by atoms with Crippen LogP contribution in [0.15, 0.2) is 0 Å². The molecule has 11 heavy (non-hydrogen) atoms. The fourth-order valence-corrected chi connectivity index (χ4v) is 0.781. The average molecular weight is 157 g/mol. The molecule has 0 aromatic rings. The number of urea groups is 1. The first-order valence-electron chi connectivity index (χ1n) is 2.98. The quantitative estimate of drug-likeness (QED) is 0.382. The summed E-state index contributed by atoms with van der Waals surface area (Å²) >= 11 is 0. The van der Waals surface area contributed by atoms with Crippen LogP contribution in [0.25, 0.3) is 0 Å². The molecule has 0 radical (unpaired) electrons. The van der Waals surface area contributed by atoms with E-state index in [-0.39, 0.29) is 0 Å². The summed E-state index contributed by atoms with van der Waals surface area (Å²) < 4.78 is 0. The molecule has 1 aliphatic rings. The van der Waals surface area contributed by atoms with Crippen molar-refractivity contribution < 1.29 is 14.4 Å². The van der Waals surface area contributed by atoms with E-state index >= 15 is 0 Å². The van der Waals surface area contributed by atoms with Gasteiger partial charge in [-0.2, -0.15) is 0 Å². The van der Waals surface area contributed by atoms with Crippen molar-refractivity contribution in [1.82, 2.24) is 16.0 Å². The van der Waals surface area contributed by atoms with Crippen LogP contribution in [0, 0.1) is 0 Å². The molecule has 60 valence electrons. The van der Waals surface area contributed by atoms with E-state index in [0.29, 0.717) is 0 Å². The largest absolute Gasteiger partial charge is 0.328 e. The van der Waals surface area contributed by atoms with E-state index in [1.54, 1.807) is 0 Å². The van der Waals surface area contributed by atoms with Crippen molar-refractivity contribution in [3.8, 4) is 0 Å². The maximum absolute atomic E-state index is 10.8. The topological polar surface area (TPSA) is 87.3 Å². The van der Waals surface area contributed by atoms with E-state index in [9.17, 15) is 14.4 Å². The van der Waals surface area contributed by atoms with Crippen LogP contribution in [0.3, 0.4) is 0 Å². The maximum Gasteiger partial charge on any atom is 0.328 e. The number of amides is 4. The molecule has 3 N–H and O–H groups in total. The van der Waals surface area contributed by atoms with Crippen molar-refractivity contribution in [2.75, 3.05) is 7.05 Å². The number of nitrogens with one attached hydrogen (secondary N) is 3. The summed E-state index contributed by atoms with van der Waals surface area (Å²) in [4.78, 5) is 32.0. The molecule has 4 amide bonds. The lowest BCUT2D eigenvalue weighted by atomic mass is 10.2. The van der Waals surface area contributed by atoms with Gasteiger partial charge in [0, 0.05) is 0 Å². The van der Waals surface area contributed by atoms with Gasteiger partial charge in [0.05, 0.1) is 0 Å². The molecule has 0 aromatic carbocycles. The number of likely N-dealkylation sites (N-methyl/N-ethyl adjacent to an activating group) is 1. The molecule has 6 heteroatoms. The van der Waals surface area contributed by atoms with Crippen molar-refractivity contribution in [2.45, 2.75) is 6.04 Å². The number of hydrogen-bond acceptors (Lipinski definition) is 4. The molecule has 1 saturated heterocycles. The van der Waals surface area contributed by atoms with Gasteiger partial charge in [-0.1, -0.05) is 0 Å². The first-order chi connectivity index (χ1) is 5.15. The summed E-state index contributed by atoms with van der Waals surface area (Å²) in [5.41, 5.74) is 0. The van der Waals surface area contributed by atoms with Gasteiger partial charge < -0.3 is 5.32 Å². The molecular weight excluding hydrogens is 150 g/mol. The summed E-state index contributed by atoms with van der Waals surface area (Å²) in [7, 11) is 1.46. The Hall–Kier alpha value is -1.43. The number of imide groups is 2. The molecular formula is C5H7N3O3. The Balaban J connectivity index is 2.74. The Bertz CT molecular complexity index is 205. The smallest absolute Gasteiger partial charge is 0.301 e. The molecule has 1 aliphatic heterocycles. The molecule has 1 rings (SSSR count). The predicted octanol–water partition coefficient (Wildman–Crippen LogP) is -2.06. The van der Waals surface area contributed by atoms with Crippen LogP contribution >= 0.6 is 0 Å². The summed E-state index contributed by atoms with van der Waals surface area (Å²) in [6.45, 7) is 0. The minimum absolute atomic E-state index is 0.624. The number of carbonyl (C=O) groups excluding carboxylic acids is 3. The van der Waals surface area contributed by atoms with Crippen molar-refractivity contribution >= 4 is 17.8 Å². The molecule has 0 aromatic heterocycles. The fourth-order valence-electron chi connectivity index (χ4n) is 0.781. The Morgan fingerprint density at radius 1 is 1.18 bits per heavy atom. The molecule has 0 saturated carbocycles. The first-order valence-corrected chi connectivity index (χ1v) is 2.98. The Labute approximate surface area is 62.3 Å². The van der Waals surface area contributed by atoms with Gasteiger partial charge in [-0.05, 0) is 7.05 Å². The molecule has 0 aliphatic carbocycles. The van der Waals surface area contributed by atoms with Crippen LogP contribution in [0.5, 0.6) is 0 Å². The van der Waals surface area contributed by atoms with Gasteiger partial charge in [0.25, 0.3) is 11.8 Å². The lowest BCUT2D eigenvalue weighted by molar-refractivity contribution is -0.132. The number of carbonyl (C=O) groups is 3. The fraction of sp³-hybridized carbons (Fsp3) is 0.400. The maximum atomic E-state index is 10.8. The third-order valence-corrected chi connectivity index (χ3v) is 1.29. The van der Waals surface area contributed by atoms with Gasteiger partial charge in [0.2, 0.25) is 0 Å². The van der Waals surface area contributed by atoms with Crippen molar-refractivity contribution in [2.24, 2.45) is 0 Å². The van der Waals surface area contributed by atoms with Crippen LogP contribution in [0.1, 0.15) is 0 Å². The van der Waals surface area contributed by atoms with Gasteiger partial charge in [0.1, 0.15) is 0 Å². The minimum Gasteiger partial charge on any atom is -0.301 e. The van der Waals surface area contributed by atoms with Gasteiger partial charge in [-0.15, -0.1) is 0 Å². The molecule has 1 fully saturated rings. The Morgan fingerprint density at radius 3 is 2.00 bits per heavy atom. The Morgan fingerprint density at radius 2 is 1.64 bits per heavy atom. The number of barbiturate groups is 1. The molecule has 6 nitrogen and oxygen atoms in total. The van der Waals surface area contributed by atoms with E-state index < -0.39 is 23.9 Å². The molecule has 0 spiro atoms. The summed E-state index contributed by atoms with van der Waals surface area (Å²) in [5.74, 6) is -1.25. The average Bonchev–Trinajstić information content (AvgIpc) is 1.85. The van der Waals surface area contributed by atoms with Crippen molar-refractivity contribution in [3.05, 3.63) is 0 Å². The SMILES string of the molecule is CNC1C(=O)NC(=O)NC1=O. The van der Waals surface area contributed by atoms with E-state index in [0.717, 1.165) is 0 Å². The van der Waals surface area contributed by atoms with E-state index in [4.69, 9.17) is 0 Å². The second kappa shape index (κ2) is 2.67. The number of hydrogen-bond donors (Lipinski definition) is 3. The standard InChI is InChI=1S/C5H7N3O3/c1-6-2-3(9)7-5(11)8-4(2)10/h2,6H,1H3,(H2,7,8,9,10,11). The van der Waals surface area contributed by atoms with Crippen LogP contribution in [0.4, 0.5) is 4.79 Å². The third-order valence-electron chi connectivity index (χ3n) is 1.29. The predicted molar refractivity (Wildman–Crippen MR) is 34.5 cm³/mol. The van der Waals surface area contributed by atoms with E-state index in [2.05, 4.69) is 5.32 Å². The van der Waals surface area contributed by atoms with Crippen molar-refractivity contribution in [3.63, 3.8) is 0 Å². The summed E-state index contributed by atoms with van der Waals surface area (Å²) in [6, 6.07) is -1.74. The summed E-state index contributed by atoms with van der Waals surface area (Å²) in [6.07, 6.45) is 0. The van der Waals surface area contributed by atoms with Gasteiger partial charge >= 0.3 is 6.03 Å². The minimum atomic E-state index is -0.965. The number of rotatable bonds is 1. The molecule has 0 bridgehead atoms. The molecule has 0 unspecified atom stereocenters. The third kappa shape index (κ3) is 1.35. The zero-order chi connectivity index (χ0) is 8.43. The highest BCUT2D eigenvalue weighted by atomic mass is 16.2. The second-order valence-corrected chi connectivity index (χ2v) is 2.03. The highest BCUT2D eigenvalue weighted by Crippen LogP contribution is 1.89. The second-order valence-electron chi connectivity index (χ2n) is 2.03. The van der Waals surface area contributed by atoms with Gasteiger partial charge in [0.15, 0.2) is 6.04 Å². The van der Waals surface area contributed by atoms with Crippen LogP contribution in [0.2, 0.25) is 0 Å². The normalized spacial score (nSPS) is 19.5. The first kappa shape index (κ1) is 7.67. The highest BCUT2D eigenvalue weighted by Gasteiger charge is 2.32. The van der Waals surface area contributed by atoms with E-state index in [1.807, 2.05) is 10.6 Å². The van der Waals surface area contributed by atoms with Crippen molar-refractivity contribution in [1.29, 1.82) is 0 Å². The monoisotopic (exact) mass is 157 g/mol. The highest BCUT2D eigenvalue weighted by molar-refractivity contribution is 6.18. The summed E-state index contributed by atoms with van der Waals surface area (Å²) in [5, 5.41) is 6.32. The zero-order valence-corrected chi connectivity index (χ0v) is 5.80. The molecule has 1 heterocycles. The van der Waals surface area contributed by atoms with Gasteiger partial charge in [-0.25, -0.2) is 4.79 Å². The van der Waals surface area contributed by atoms with Crippen LogP contribution in [-0.4, -0.2) is 30.9 Å². The Kier molecular flexibility index (Phi) is 1.86. The van der Waals surface area contributed by atoms with Crippen LogP contribution < -0.4 is 16.0 Å². The van der Waals surface area contributed by atoms with Gasteiger partial charge in [-0.3, -0.25) is 20.2 Å². The molecule has 0 atom stereocenters. The lowest BCUT2D eigenvalue weighted by Gasteiger charge is -2.19. The lowest BCUT2D eigenvalue weighted by Crippen LogP contribution is -2.62. The zero-order valence-electron chi connectivity index (χ0n) is 5.80. The van der Waals surface area contributed by atoms with Crippen LogP contribution in [-0.2, 0) is 9.59 Å². The van der Waals surface area contributed by atoms with E-state index in [1.165, 1.54) is 7.05 Å².